The van der Waals surface area contributed by atoms with Gasteiger partial charge in [0.2, 0.25) is 0 Å². The van der Waals surface area contributed by atoms with Crippen LogP contribution in [0.25, 0.3) is 10.8 Å². The first-order chi connectivity index (χ1) is 10.2. The molecule has 2 N–H and O–H groups in total. The molecule has 2 saturated carbocycles. The van der Waals surface area contributed by atoms with Crippen LogP contribution < -0.4 is 5.32 Å². The van der Waals surface area contributed by atoms with Gasteiger partial charge in [0.1, 0.15) is 0 Å². The molecule has 0 amide bonds. The van der Waals surface area contributed by atoms with Crippen molar-refractivity contribution in [2.45, 2.75) is 25.3 Å². The molecule has 4 rings (SSSR count). The van der Waals surface area contributed by atoms with Gasteiger partial charge in [0.25, 0.3) is 0 Å². The van der Waals surface area contributed by atoms with Crippen molar-refractivity contribution in [3.05, 3.63) is 30.5 Å². The molecule has 2 aromatic rings. The van der Waals surface area contributed by atoms with E-state index in [0.717, 1.165) is 30.0 Å². The molecule has 5 nitrogen and oxygen atoms in total. The monoisotopic (exact) mass is 283 g/mol. The van der Waals surface area contributed by atoms with Crippen molar-refractivity contribution in [3.8, 4) is 0 Å². The fourth-order valence-electron chi connectivity index (χ4n) is 4.15. The zero-order valence-electron chi connectivity index (χ0n) is 11.6. The lowest BCUT2D eigenvalue weighted by Gasteiger charge is -2.29. The predicted molar refractivity (Wildman–Crippen MR) is 78.9 cm³/mol. The van der Waals surface area contributed by atoms with Gasteiger partial charge in [-0.3, -0.25) is 4.79 Å². The summed E-state index contributed by atoms with van der Waals surface area (Å²) in [5.41, 5.74) is 0. The maximum absolute atomic E-state index is 11.6. The van der Waals surface area contributed by atoms with Crippen LogP contribution in [0.3, 0.4) is 0 Å². The average molecular weight is 283 g/mol. The summed E-state index contributed by atoms with van der Waals surface area (Å²) in [7, 11) is 0. The quantitative estimate of drug-likeness (QED) is 0.905. The highest BCUT2D eigenvalue weighted by atomic mass is 16.4. The number of nitrogens with zero attached hydrogens (tertiary/aromatic N) is 2. The third-order valence-electron chi connectivity index (χ3n) is 5.08. The molecule has 4 unspecified atom stereocenters. The zero-order chi connectivity index (χ0) is 14.4. The highest BCUT2D eigenvalue weighted by molar-refractivity contribution is 5.91. The summed E-state index contributed by atoms with van der Waals surface area (Å²) in [5, 5.41) is 23.2. The van der Waals surface area contributed by atoms with Crippen LogP contribution in [0.2, 0.25) is 0 Å². The van der Waals surface area contributed by atoms with E-state index in [1.54, 1.807) is 6.20 Å². The number of fused-ring (bicyclic) bond motifs is 3. The Morgan fingerprint density at radius 3 is 2.90 bits per heavy atom. The van der Waals surface area contributed by atoms with Crippen molar-refractivity contribution in [1.29, 1.82) is 0 Å². The number of nitrogens with one attached hydrogen (secondary N) is 1. The van der Waals surface area contributed by atoms with Crippen LogP contribution in [0.4, 0.5) is 5.82 Å². The molecular formula is C16H17N3O2. The summed E-state index contributed by atoms with van der Waals surface area (Å²) in [6.07, 6.45) is 4.91. The van der Waals surface area contributed by atoms with Gasteiger partial charge in [-0.2, -0.15) is 5.10 Å². The van der Waals surface area contributed by atoms with Crippen molar-refractivity contribution in [1.82, 2.24) is 10.2 Å². The van der Waals surface area contributed by atoms with E-state index in [2.05, 4.69) is 15.5 Å². The number of rotatable bonds is 3. The van der Waals surface area contributed by atoms with E-state index in [1.807, 2.05) is 24.3 Å². The summed E-state index contributed by atoms with van der Waals surface area (Å²) in [4.78, 5) is 11.6. The Balaban J connectivity index is 1.69. The maximum Gasteiger partial charge on any atom is 0.308 e. The Morgan fingerprint density at radius 1 is 1.24 bits per heavy atom. The molecule has 4 atom stereocenters. The van der Waals surface area contributed by atoms with Crippen LogP contribution in [0.5, 0.6) is 0 Å². The second-order valence-corrected chi connectivity index (χ2v) is 6.15. The highest BCUT2D eigenvalue weighted by Gasteiger charge is 2.51. The van der Waals surface area contributed by atoms with Crippen LogP contribution in [0.15, 0.2) is 30.5 Å². The number of aromatic nitrogens is 2. The number of anilines is 1. The summed E-state index contributed by atoms with van der Waals surface area (Å²) in [6.45, 7) is 0. The third kappa shape index (κ3) is 1.95. The molecular weight excluding hydrogens is 266 g/mol. The van der Waals surface area contributed by atoms with Gasteiger partial charge in [0, 0.05) is 16.8 Å². The molecule has 2 aliphatic carbocycles. The standard InChI is InChI=1S/C16H17N3O2/c20-16(21)13-9-5-6-10(7-9)14(13)18-15-12-4-2-1-3-11(12)8-17-19-15/h1-4,8-10,13-14H,5-7H2,(H,18,19)(H,20,21). The fourth-order valence-corrected chi connectivity index (χ4v) is 4.15. The van der Waals surface area contributed by atoms with E-state index >= 15 is 0 Å². The largest absolute Gasteiger partial charge is 0.481 e. The Kier molecular flexibility index (Phi) is 2.80. The van der Waals surface area contributed by atoms with E-state index in [-0.39, 0.29) is 12.0 Å². The minimum absolute atomic E-state index is 0.0265. The number of carboxylic acids is 1. The summed E-state index contributed by atoms with van der Waals surface area (Å²) in [5.74, 6) is 0.471. The van der Waals surface area contributed by atoms with Crippen molar-refractivity contribution >= 4 is 22.6 Å². The second-order valence-electron chi connectivity index (χ2n) is 6.15. The van der Waals surface area contributed by atoms with Crippen LogP contribution in [0.1, 0.15) is 19.3 Å². The summed E-state index contributed by atoms with van der Waals surface area (Å²) < 4.78 is 0. The number of hydrogen-bond donors (Lipinski definition) is 2. The molecule has 108 valence electrons. The maximum atomic E-state index is 11.6. The van der Waals surface area contributed by atoms with E-state index in [9.17, 15) is 9.90 Å². The molecule has 0 saturated heterocycles. The molecule has 0 aliphatic heterocycles. The Bertz CT molecular complexity index is 697. The molecule has 0 radical (unpaired) electrons. The van der Waals surface area contributed by atoms with Gasteiger partial charge in [0.15, 0.2) is 5.82 Å². The minimum atomic E-state index is -0.687. The third-order valence-corrected chi connectivity index (χ3v) is 5.08. The van der Waals surface area contributed by atoms with Crippen molar-refractivity contribution in [3.63, 3.8) is 0 Å². The predicted octanol–water partition coefficient (Wildman–Crippen LogP) is 2.54. The first kappa shape index (κ1) is 12.6. The first-order valence-corrected chi connectivity index (χ1v) is 7.44. The van der Waals surface area contributed by atoms with Gasteiger partial charge in [-0.25, -0.2) is 0 Å². The van der Waals surface area contributed by atoms with Gasteiger partial charge in [-0.05, 0) is 31.1 Å². The number of carbonyl (C=O) groups is 1. The number of carboxylic acid groups (broad SMARTS) is 1. The van der Waals surface area contributed by atoms with Crippen LogP contribution >= 0.6 is 0 Å². The molecule has 1 heterocycles. The Hall–Kier alpha value is -2.17. The molecule has 2 fully saturated rings. The molecule has 2 aliphatic rings. The fraction of sp³-hybridized carbons (Fsp3) is 0.438. The van der Waals surface area contributed by atoms with Gasteiger partial charge in [-0.15, -0.1) is 5.10 Å². The normalized spacial score (nSPS) is 30.7. The molecule has 2 bridgehead atoms. The Morgan fingerprint density at radius 2 is 2.05 bits per heavy atom. The van der Waals surface area contributed by atoms with Gasteiger partial charge in [0.05, 0.1) is 12.1 Å². The SMILES string of the molecule is O=C(O)C1C2CCC(C2)C1Nc1nncc2ccccc12. The lowest BCUT2D eigenvalue weighted by Crippen LogP contribution is -2.39. The topological polar surface area (TPSA) is 75.1 Å². The van der Waals surface area contributed by atoms with E-state index in [4.69, 9.17) is 0 Å². The second kappa shape index (κ2) is 4.69. The summed E-state index contributed by atoms with van der Waals surface area (Å²) >= 11 is 0. The molecule has 1 aromatic heterocycles. The average Bonchev–Trinajstić information content (AvgIpc) is 3.08. The first-order valence-electron chi connectivity index (χ1n) is 7.44. The van der Waals surface area contributed by atoms with Crippen molar-refractivity contribution in [2.75, 3.05) is 5.32 Å². The van der Waals surface area contributed by atoms with Crippen LogP contribution in [0, 0.1) is 17.8 Å². The number of benzene rings is 1. The van der Waals surface area contributed by atoms with Crippen LogP contribution in [-0.4, -0.2) is 27.3 Å². The lowest BCUT2D eigenvalue weighted by atomic mass is 9.84. The molecule has 0 spiro atoms. The number of aliphatic carboxylic acids is 1. The van der Waals surface area contributed by atoms with Gasteiger partial charge < -0.3 is 10.4 Å². The van der Waals surface area contributed by atoms with E-state index < -0.39 is 5.97 Å². The lowest BCUT2D eigenvalue weighted by molar-refractivity contribution is -0.143. The summed E-state index contributed by atoms with van der Waals surface area (Å²) in [6, 6.07) is 7.89. The number of hydrogen-bond acceptors (Lipinski definition) is 4. The smallest absolute Gasteiger partial charge is 0.308 e. The van der Waals surface area contributed by atoms with E-state index in [1.165, 1.54) is 0 Å². The van der Waals surface area contributed by atoms with Gasteiger partial charge >= 0.3 is 5.97 Å². The highest BCUT2D eigenvalue weighted by Crippen LogP contribution is 2.49. The zero-order valence-corrected chi connectivity index (χ0v) is 11.6. The van der Waals surface area contributed by atoms with Gasteiger partial charge in [-0.1, -0.05) is 24.3 Å². The molecule has 5 heteroatoms. The van der Waals surface area contributed by atoms with Crippen molar-refractivity contribution in [2.24, 2.45) is 17.8 Å². The molecule has 1 aromatic carbocycles. The molecule has 21 heavy (non-hydrogen) atoms. The van der Waals surface area contributed by atoms with Crippen LogP contribution in [-0.2, 0) is 4.79 Å². The van der Waals surface area contributed by atoms with E-state index in [0.29, 0.717) is 17.7 Å². The Labute approximate surface area is 122 Å². The minimum Gasteiger partial charge on any atom is -0.481 e. The van der Waals surface area contributed by atoms with Crippen molar-refractivity contribution < 1.29 is 9.90 Å².